The molecule has 0 spiro atoms. The summed E-state index contributed by atoms with van der Waals surface area (Å²) in [5.74, 6) is 0.141. The SMILES string of the molecule is Cc1ccccc1N(C)CCC(=O)c1ccc(Cl)cc1. The third-order valence-electron chi connectivity index (χ3n) is 3.37. The number of benzene rings is 2. The van der Waals surface area contributed by atoms with Crippen LogP contribution in [0.3, 0.4) is 0 Å². The van der Waals surface area contributed by atoms with Gasteiger partial charge in [-0.2, -0.15) is 0 Å². The number of Topliss-reactive ketones (excluding diaryl/α,β-unsaturated/α-hetero) is 1. The van der Waals surface area contributed by atoms with Crippen LogP contribution < -0.4 is 4.90 Å². The molecule has 0 unspecified atom stereocenters. The molecular weight excluding hydrogens is 270 g/mol. The van der Waals surface area contributed by atoms with E-state index >= 15 is 0 Å². The lowest BCUT2D eigenvalue weighted by molar-refractivity contribution is 0.0985. The maximum Gasteiger partial charge on any atom is 0.164 e. The molecule has 0 saturated carbocycles. The van der Waals surface area contributed by atoms with Gasteiger partial charge >= 0.3 is 0 Å². The molecule has 0 radical (unpaired) electrons. The van der Waals surface area contributed by atoms with Crippen LogP contribution >= 0.6 is 11.6 Å². The summed E-state index contributed by atoms with van der Waals surface area (Å²) in [6, 6.07) is 15.2. The van der Waals surface area contributed by atoms with Crippen molar-refractivity contribution in [3.63, 3.8) is 0 Å². The minimum absolute atomic E-state index is 0.141. The second kappa shape index (κ2) is 6.58. The second-order valence-corrected chi connectivity index (χ2v) is 5.32. The zero-order valence-corrected chi connectivity index (χ0v) is 12.5. The number of anilines is 1. The summed E-state index contributed by atoms with van der Waals surface area (Å²) in [5, 5.41) is 0.651. The molecule has 2 nitrogen and oxygen atoms in total. The van der Waals surface area contributed by atoms with E-state index in [1.165, 1.54) is 5.56 Å². The van der Waals surface area contributed by atoms with E-state index in [1.807, 2.05) is 19.2 Å². The normalized spacial score (nSPS) is 10.3. The van der Waals surface area contributed by atoms with Crippen LogP contribution in [0.15, 0.2) is 48.5 Å². The number of carbonyl (C=O) groups excluding carboxylic acids is 1. The van der Waals surface area contributed by atoms with E-state index in [1.54, 1.807) is 24.3 Å². The maximum absolute atomic E-state index is 12.1. The Morgan fingerprint density at radius 3 is 2.40 bits per heavy atom. The fraction of sp³-hybridized carbons (Fsp3) is 0.235. The first kappa shape index (κ1) is 14.6. The van der Waals surface area contributed by atoms with Gasteiger partial charge in [-0.15, -0.1) is 0 Å². The van der Waals surface area contributed by atoms with Crippen LogP contribution in [0.5, 0.6) is 0 Å². The van der Waals surface area contributed by atoms with Gasteiger partial charge in [0.1, 0.15) is 0 Å². The van der Waals surface area contributed by atoms with Gasteiger partial charge in [-0.05, 0) is 42.8 Å². The third-order valence-corrected chi connectivity index (χ3v) is 3.62. The molecule has 0 aliphatic heterocycles. The number of halogens is 1. The first-order chi connectivity index (χ1) is 9.58. The Hall–Kier alpha value is -1.80. The van der Waals surface area contributed by atoms with E-state index in [4.69, 9.17) is 11.6 Å². The second-order valence-electron chi connectivity index (χ2n) is 4.89. The summed E-state index contributed by atoms with van der Waals surface area (Å²) >= 11 is 5.82. The topological polar surface area (TPSA) is 20.3 Å². The monoisotopic (exact) mass is 287 g/mol. The first-order valence-electron chi connectivity index (χ1n) is 6.63. The van der Waals surface area contributed by atoms with Gasteiger partial charge in [0.25, 0.3) is 0 Å². The molecule has 2 rings (SSSR count). The van der Waals surface area contributed by atoms with Gasteiger partial charge in [-0.25, -0.2) is 0 Å². The van der Waals surface area contributed by atoms with Crippen LogP contribution in [0.25, 0.3) is 0 Å². The highest BCUT2D eigenvalue weighted by Gasteiger charge is 2.09. The van der Waals surface area contributed by atoms with Gasteiger partial charge < -0.3 is 4.90 Å². The molecule has 0 aliphatic rings. The fourth-order valence-electron chi connectivity index (χ4n) is 2.16. The van der Waals surface area contributed by atoms with E-state index in [-0.39, 0.29) is 5.78 Å². The van der Waals surface area contributed by atoms with Gasteiger partial charge in [-0.1, -0.05) is 29.8 Å². The lowest BCUT2D eigenvalue weighted by Gasteiger charge is -2.20. The van der Waals surface area contributed by atoms with Crippen LogP contribution in [-0.4, -0.2) is 19.4 Å². The Morgan fingerprint density at radius 2 is 1.75 bits per heavy atom. The quantitative estimate of drug-likeness (QED) is 0.762. The van der Waals surface area contributed by atoms with Crippen molar-refractivity contribution in [3.8, 4) is 0 Å². The van der Waals surface area contributed by atoms with Gasteiger partial charge in [-0.3, -0.25) is 4.79 Å². The van der Waals surface area contributed by atoms with Gasteiger partial charge in [0.15, 0.2) is 5.78 Å². The molecule has 2 aromatic carbocycles. The van der Waals surface area contributed by atoms with Crippen molar-refractivity contribution in [2.24, 2.45) is 0 Å². The largest absolute Gasteiger partial charge is 0.374 e. The summed E-state index contributed by atoms with van der Waals surface area (Å²) in [6.07, 6.45) is 0.493. The number of carbonyl (C=O) groups is 1. The third kappa shape index (κ3) is 3.61. The Bertz CT molecular complexity index is 592. The summed E-state index contributed by atoms with van der Waals surface area (Å²) in [5.41, 5.74) is 3.10. The van der Waals surface area contributed by atoms with Crippen molar-refractivity contribution in [3.05, 3.63) is 64.7 Å². The lowest BCUT2D eigenvalue weighted by atomic mass is 10.1. The summed E-state index contributed by atoms with van der Waals surface area (Å²) in [7, 11) is 2.01. The Morgan fingerprint density at radius 1 is 1.10 bits per heavy atom. The molecule has 0 N–H and O–H groups in total. The van der Waals surface area contributed by atoms with Crippen molar-refractivity contribution < 1.29 is 4.79 Å². The molecule has 0 atom stereocenters. The molecule has 20 heavy (non-hydrogen) atoms. The molecule has 2 aromatic rings. The van der Waals surface area contributed by atoms with E-state index in [0.29, 0.717) is 23.6 Å². The number of hydrogen-bond donors (Lipinski definition) is 0. The predicted octanol–water partition coefficient (Wildman–Crippen LogP) is 4.36. The molecule has 3 heteroatoms. The van der Waals surface area contributed by atoms with E-state index < -0.39 is 0 Å². The molecule has 0 amide bonds. The average molecular weight is 288 g/mol. The lowest BCUT2D eigenvalue weighted by Crippen LogP contribution is -2.21. The smallest absolute Gasteiger partial charge is 0.164 e. The zero-order chi connectivity index (χ0) is 14.5. The van der Waals surface area contributed by atoms with Crippen molar-refractivity contribution in [2.45, 2.75) is 13.3 Å². The van der Waals surface area contributed by atoms with E-state index in [2.05, 4.69) is 24.0 Å². The Labute approximate surface area is 125 Å². The first-order valence-corrected chi connectivity index (χ1v) is 7.01. The number of rotatable bonds is 5. The fourth-order valence-corrected chi connectivity index (χ4v) is 2.29. The molecular formula is C17H18ClNO. The van der Waals surface area contributed by atoms with Crippen LogP contribution in [-0.2, 0) is 0 Å². The van der Waals surface area contributed by atoms with E-state index in [9.17, 15) is 4.79 Å². The van der Waals surface area contributed by atoms with Gasteiger partial charge in [0, 0.05) is 36.3 Å². The summed E-state index contributed by atoms with van der Waals surface area (Å²) in [4.78, 5) is 14.2. The van der Waals surface area contributed by atoms with Crippen molar-refractivity contribution >= 4 is 23.1 Å². The molecule has 0 saturated heterocycles. The number of para-hydroxylation sites is 1. The minimum atomic E-state index is 0.141. The standard InChI is InChI=1S/C17H18ClNO/c1-13-5-3-4-6-16(13)19(2)12-11-17(20)14-7-9-15(18)10-8-14/h3-10H,11-12H2,1-2H3. The highest BCUT2D eigenvalue weighted by Crippen LogP contribution is 2.18. The van der Waals surface area contributed by atoms with Crippen LogP contribution in [0, 0.1) is 6.92 Å². The Balaban J connectivity index is 1.97. The minimum Gasteiger partial charge on any atom is -0.374 e. The maximum atomic E-state index is 12.1. The summed E-state index contributed by atoms with van der Waals surface area (Å²) < 4.78 is 0. The van der Waals surface area contributed by atoms with E-state index in [0.717, 1.165) is 5.69 Å². The molecule has 0 aliphatic carbocycles. The molecule has 0 fully saturated rings. The van der Waals surface area contributed by atoms with Crippen molar-refractivity contribution in [2.75, 3.05) is 18.5 Å². The molecule has 0 aromatic heterocycles. The number of ketones is 1. The molecule has 0 bridgehead atoms. The predicted molar refractivity (Wildman–Crippen MR) is 84.8 cm³/mol. The van der Waals surface area contributed by atoms with Crippen LogP contribution in [0.2, 0.25) is 5.02 Å². The Kier molecular flexibility index (Phi) is 4.80. The van der Waals surface area contributed by atoms with Crippen molar-refractivity contribution in [1.82, 2.24) is 0 Å². The number of hydrogen-bond acceptors (Lipinski definition) is 2. The zero-order valence-electron chi connectivity index (χ0n) is 11.8. The number of nitrogens with zero attached hydrogens (tertiary/aromatic N) is 1. The molecule has 0 heterocycles. The van der Waals surface area contributed by atoms with Crippen molar-refractivity contribution in [1.29, 1.82) is 0 Å². The van der Waals surface area contributed by atoms with Gasteiger partial charge in [0.2, 0.25) is 0 Å². The number of aryl methyl sites for hydroxylation is 1. The molecule has 104 valence electrons. The van der Waals surface area contributed by atoms with Crippen LogP contribution in [0.1, 0.15) is 22.3 Å². The highest BCUT2D eigenvalue weighted by molar-refractivity contribution is 6.30. The average Bonchev–Trinajstić information content (AvgIpc) is 2.45. The van der Waals surface area contributed by atoms with Gasteiger partial charge in [0.05, 0.1) is 0 Å². The summed E-state index contributed by atoms with van der Waals surface area (Å²) in [6.45, 7) is 2.78. The highest BCUT2D eigenvalue weighted by atomic mass is 35.5. The van der Waals surface area contributed by atoms with Crippen LogP contribution in [0.4, 0.5) is 5.69 Å².